The molecule has 0 spiro atoms. The summed E-state index contributed by atoms with van der Waals surface area (Å²) in [4.78, 5) is 4.80. The van der Waals surface area contributed by atoms with Crippen molar-refractivity contribution in [3.63, 3.8) is 0 Å². The van der Waals surface area contributed by atoms with Crippen molar-refractivity contribution in [1.29, 1.82) is 0 Å². The fourth-order valence-corrected chi connectivity index (χ4v) is 4.54. The molecule has 1 unspecified atom stereocenters. The van der Waals surface area contributed by atoms with Gasteiger partial charge in [-0.1, -0.05) is 11.6 Å². The van der Waals surface area contributed by atoms with Crippen LogP contribution in [0.1, 0.15) is 18.7 Å². The zero-order chi connectivity index (χ0) is 16.1. The SMILES string of the molecule is Cc1c(S(C)(=O)=O)c2cc(Cl)ccc2n1C(C)C1=NCCN1. The predicted octanol–water partition coefficient (Wildman–Crippen LogP) is 2.57. The Hall–Kier alpha value is -1.53. The third kappa shape index (κ3) is 2.40. The van der Waals surface area contributed by atoms with E-state index in [0.717, 1.165) is 24.4 Å². The summed E-state index contributed by atoms with van der Waals surface area (Å²) in [5.74, 6) is 0.884. The molecule has 0 fully saturated rings. The highest BCUT2D eigenvalue weighted by atomic mass is 35.5. The molecule has 0 radical (unpaired) electrons. The number of hydrogen-bond acceptors (Lipinski definition) is 4. The van der Waals surface area contributed by atoms with Crippen molar-refractivity contribution >= 4 is 38.2 Å². The van der Waals surface area contributed by atoms with E-state index in [1.165, 1.54) is 6.26 Å². The van der Waals surface area contributed by atoms with E-state index in [1.54, 1.807) is 12.1 Å². The lowest BCUT2D eigenvalue weighted by atomic mass is 10.2. The minimum atomic E-state index is -3.35. The summed E-state index contributed by atoms with van der Waals surface area (Å²) in [6.45, 7) is 5.42. The Labute approximate surface area is 134 Å². The fourth-order valence-electron chi connectivity index (χ4n) is 3.17. The number of fused-ring (bicyclic) bond motifs is 1. The zero-order valence-corrected chi connectivity index (χ0v) is 14.3. The average Bonchev–Trinajstić information content (AvgIpc) is 3.01. The lowest BCUT2D eigenvalue weighted by molar-refractivity contribution is 0.600. The Balaban J connectivity index is 2.33. The Kier molecular flexibility index (Phi) is 3.69. The van der Waals surface area contributed by atoms with Crippen molar-refractivity contribution in [2.45, 2.75) is 24.8 Å². The molecule has 7 heteroatoms. The van der Waals surface area contributed by atoms with Crippen LogP contribution in [0.5, 0.6) is 0 Å². The van der Waals surface area contributed by atoms with E-state index in [0.29, 0.717) is 21.0 Å². The number of aliphatic imine (C=N–C) groups is 1. The van der Waals surface area contributed by atoms with Gasteiger partial charge in [-0.15, -0.1) is 0 Å². The molecular weight excluding hydrogens is 322 g/mol. The van der Waals surface area contributed by atoms with E-state index in [9.17, 15) is 8.42 Å². The number of benzene rings is 1. The third-order valence-corrected chi connectivity index (χ3v) is 5.50. The van der Waals surface area contributed by atoms with Gasteiger partial charge in [-0.2, -0.15) is 0 Å². The van der Waals surface area contributed by atoms with Crippen LogP contribution >= 0.6 is 11.6 Å². The van der Waals surface area contributed by atoms with Crippen LogP contribution in [0.2, 0.25) is 5.02 Å². The second-order valence-corrected chi connectivity index (χ2v) is 7.98. The molecule has 118 valence electrons. The fraction of sp³-hybridized carbons (Fsp3) is 0.400. The smallest absolute Gasteiger partial charge is 0.177 e. The summed E-state index contributed by atoms with van der Waals surface area (Å²) < 4.78 is 26.5. The molecule has 1 aliphatic rings. The maximum atomic E-state index is 12.2. The molecule has 2 heterocycles. The molecule has 5 nitrogen and oxygen atoms in total. The van der Waals surface area contributed by atoms with Crippen molar-refractivity contribution < 1.29 is 8.42 Å². The van der Waals surface area contributed by atoms with Crippen LogP contribution in [0.25, 0.3) is 10.9 Å². The zero-order valence-electron chi connectivity index (χ0n) is 12.7. The molecule has 22 heavy (non-hydrogen) atoms. The second-order valence-electron chi connectivity index (χ2n) is 5.59. The summed E-state index contributed by atoms with van der Waals surface area (Å²) in [6.07, 6.45) is 1.23. The lowest BCUT2D eigenvalue weighted by Crippen LogP contribution is -2.28. The van der Waals surface area contributed by atoms with Crippen molar-refractivity contribution in [2.75, 3.05) is 19.3 Å². The monoisotopic (exact) mass is 339 g/mol. The number of amidine groups is 1. The Morgan fingerprint density at radius 3 is 2.73 bits per heavy atom. The average molecular weight is 340 g/mol. The number of aromatic nitrogens is 1. The topological polar surface area (TPSA) is 63.5 Å². The predicted molar refractivity (Wildman–Crippen MR) is 89.8 cm³/mol. The van der Waals surface area contributed by atoms with E-state index >= 15 is 0 Å². The highest BCUT2D eigenvalue weighted by Crippen LogP contribution is 2.34. The highest BCUT2D eigenvalue weighted by molar-refractivity contribution is 7.91. The molecule has 0 bridgehead atoms. The molecule has 1 aliphatic heterocycles. The van der Waals surface area contributed by atoms with Gasteiger partial charge in [0, 0.05) is 28.9 Å². The minimum Gasteiger partial charge on any atom is -0.370 e. The summed E-state index contributed by atoms with van der Waals surface area (Å²) in [5, 5.41) is 4.45. The van der Waals surface area contributed by atoms with Crippen molar-refractivity contribution in [3.8, 4) is 0 Å². The van der Waals surface area contributed by atoms with Crippen LogP contribution in [0.3, 0.4) is 0 Å². The number of rotatable bonds is 3. The molecule has 0 aliphatic carbocycles. The van der Waals surface area contributed by atoms with E-state index < -0.39 is 9.84 Å². The number of halogens is 1. The van der Waals surface area contributed by atoms with Crippen LogP contribution in [-0.4, -0.2) is 38.2 Å². The van der Waals surface area contributed by atoms with Gasteiger partial charge in [0.15, 0.2) is 9.84 Å². The van der Waals surface area contributed by atoms with E-state index in [2.05, 4.69) is 10.3 Å². The van der Waals surface area contributed by atoms with Crippen molar-refractivity contribution in [2.24, 2.45) is 4.99 Å². The molecule has 1 aromatic heterocycles. The van der Waals surface area contributed by atoms with Crippen LogP contribution in [0, 0.1) is 6.92 Å². The number of sulfone groups is 1. The van der Waals surface area contributed by atoms with Crippen molar-refractivity contribution in [1.82, 2.24) is 9.88 Å². The summed E-state index contributed by atoms with van der Waals surface area (Å²) in [5.41, 5.74) is 1.56. The molecule has 1 atom stereocenters. The standard InChI is InChI=1S/C15H18ClN3O2S/c1-9-14(22(3,20)21)12-8-11(16)4-5-13(12)19(9)10(2)15-17-6-7-18-15/h4-5,8,10H,6-7H2,1-3H3,(H,17,18). The first-order valence-corrected chi connectivity index (χ1v) is 9.36. The van der Waals surface area contributed by atoms with Gasteiger partial charge in [-0.3, -0.25) is 4.99 Å². The van der Waals surface area contributed by atoms with E-state index in [1.807, 2.05) is 24.5 Å². The second kappa shape index (κ2) is 5.28. The van der Waals surface area contributed by atoms with Crippen LogP contribution < -0.4 is 5.32 Å². The number of hydrogen-bond donors (Lipinski definition) is 1. The summed E-state index contributed by atoms with van der Waals surface area (Å²) in [7, 11) is -3.35. The Morgan fingerprint density at radius 2 is 2.14 bits per heavy atom. The molecule has 0 saturated heterocycles. The van der Waals surface area contributed by atoms with Gasteiger partial charge in [0.1, 0.15) is 5.84 Å². The first kappa shape index (κ1) is 15.4. The van der Waals surface area contributed by atoms with Gasteiger partial charge in [0.05, 0.1) is 23.0 Å². The highest BCUT2D eigenvalue weighted by Gasteiger charge is 2.26. The molecule has 2 aromatic rings. The maximum absolute atomic E-state index is 12.2. The normalized spacial score (nSPS) is 16.6. The van der Waals surface area contributed by atoms with Gasteiger partial charge in [0.2, 0.25) is 0 Å². The largest absolute Gasteiger partial charge is 0.370 e. The number of nitrogens with zero attached hydrogens (tertiary/aromatic N) is 2. The van der Waals surface area contributed by atoms with Gasteiger partial charge in [-0.25, -0.2) is 8.42 Å². The Morgan fingerprint density at radius 1 is 1.41 bits per heavy atom. The van der Waals surface area contributed by atoms with Gasteiger partial charge < -0.3 is 9.88 Å². The molecule has 1 N–H and O–H groups in total. The van der Waals surface area contributed by atoms with Gasteiger partial charge >= 0.3 is 0 Å². The van der Waals surface area contributed by atoms with Gasteiger partial charge in [0.25, 0.3) is 0 Å². The van der Waals surface area contributed by atoms with Crippen molar-refractivity contribution in [3.05, 3.63) is 28.9 Å². The van der Waals surface area contributed by atoms with Crippen LogP contribution in [-0.2, 0) is 9.84 Å². The molecule has 0 saturated carbocycles. The third-order valence-electron chi connectivity index (χ3n) is 4.01. The van der Waals surface area contributed by atoms with Crippen LogP contribution in [0.4, 0.5) is 0 Å². The number of nitrogens with one attached hydrogen (secondary N) is 1. The quantitative estimate of drug-likeness (QED) is 0.934. The lowest BCUT2D eigenvalue weighted by Gasteiger charge is -2.18. The first-order valence-electron chi connectivity index (χ1n) is 7.09. The first-order chi connectivity index (χ1) is 10.3. The minimum absolute atomic E-state index is 0.0540. The molecule has 0 amide bonds. The summed E-state index contributed by atoms with van der Waals surface area (Å²) in [6, 6.07) is 5.31. The van der Waals surface area contributed by atoms with E-state index in [4.69, 9.17) is 11.6 Å². The summed E-state index contributed by atoms with van der Waals surface area (Å²) >= 11 is 6.07. The van der Waals surface area contributed by atoms with E-state index in [-0.39, 0.29) is 6.04 Å². The van der Waals surface area contributed by atoms with Crippen LogP contribution in [0.15, 0.2) is 28.1 Å². The molecule has 1 aromatic carbocycles. The Bertz CT molecular complexity index is 884. The molecule has 3 rings (SSSR count). The van der Waals surface area contributed by atoms with Gasteiger partial charge in [-0.05, 0) is 32.0 Å². The molecular formula is C15H18ClN3O2S. The maximum Gasteiger partial charge on any atom is 0.177 e.